The lowest BCUT2D eigenvalue weighted by molar-refractivity contribution is -0.136. The first-order valence-corrected chi connectivity index (χ1v) is 12.2. The van der Waals surface area contributed by atoms with E-state index in [2.05, 4.69) is 28.5 Å². The summed E-state index contributed by atoms with van der Waals surface area (Å²) in [6.45, 7) is 7.75. The molecule has 35 heavy (non-hydrogen) atoms. The van der Waals surface area contributed by atoms with E-state index in [1.165, 1.54) is 11.1 Å². The molecule has 182 valence electrons. The number of fused-ring (bicyclic) bond motifs is 2. The fourth-order valence-corrected chi connectivity index (χ4v) is 5.00. The lowest BCUT2D eigenvalue weighted by Gasteiger charge is -2.30. The van der Waals surface area contributed by atoms with Crippen LogP contribution in [0.2, 0.25) is 0 Å². The molecule has 0 aliphatic carbocycles. The van der Waals surface area contributed by atoms with Gasteiger partial charge in [-0.25, -0.2) is 4.79 Å². The number of rotatable bonds is 4. The van der Waals surface area contributed by atoms with Crippen LogP contribution in [0, 0.1) is 0 Å². The number of hydrogen-bond acceptors (Lipinski definition) is 5. The lowest BCUT2D eigenvalue weighted by atomic mass is 10.1. The average Bonchev–Trinajstić information content (AvgIpc) is 3.46. The number of carbonyl (C=O) groups is 2. The fraction of sp³-hybridized carbons (Fsp3) is 0.393. The first-order valence-electron chi connectivity index (χ1n) is 12.2. The van der Waals surface area contributed by atoms with Gasteiger partial charge in [-0.3, -0.25) is 14.7 Å². The molecule has 2 aromatic carbocycles. The Labute approximate surface area is 206 Å². The Morgan fingerprint density at radius 3 is 2.43 bits per heavy atom. The summed E-state index contributed by atoms with van der Waals surface area (Å²) in [5.74, 6) is -0.0225. The standard InChI is InChI=1S/C28H32N4O3/c1-28(2,3)35-27(34)32-18-22(30-15-19-12-13-29-24-11-7-6-10-23(19)24)14-25(32)26(33)31-16-20-8-4-5-9-21(20)17-31/h4-13,22,25,30H,14-18H2,1-3H3/t22-,25-/m0/s1. The molecule has 0 spiro atoms. The Hall–Kier alpha value is -3.45. The molecule has 3 heterocycles. The summed E-state index contributed by atoms with van der Waals surface area (Å²) in [7, 11) is 0. The van der Waals surface area contributed by atoms with E-state index < -0.39 is 17.7 Å². The average molecular weight is 473 g/mol. The van der Waals surface area contributed by atoms with E-state index in [-0.39, 0.29) is 11.9 Å². The van der Waals surface area contributed by atoms with E-state index in [0.717, 1.165) is 16.5 Å². The number of likely N-dealkylation sites (tertiary alicyclic amines) is 1. The number of nitrogens with one attached hydrogen (secondary N) is 1. The van der Waals surface area contributed by atoms with Gasteiger partial charge in [0.15, 0.2) is 0 Å². The van der Waals surface area contributed by atoms with Gasteiger partial charge >= 0.3 is 6.09 Å². The maximum atomic E-state index is 13.6. The predicted octanol–water partition coefficient (Wildman–Crippen LogP) is 4.24. The monoisotopic (exact) mass is 472 g/mol. The summed E-state index contributed by atoms with van der Waals surface area (Å²) < 4.78 is 5.68. The van der Waals surface area contributed by atoms with Crippen molar-refractivity contribution in [2.24, 2.45) is 0 Å². The summed E-state index contributed by atoms with van der Waals surface area (Å²) >= 11 is 0. The second-order valence-corrected chi connectivity index (χ2v) is 10.4. The van der Waals surface area contributed by atoms with Crippen molar-refractivity contribution in [3.63, 3.8) is 0 Å². The van der Waals surface area contributed by atoms with Gasteiger partial charge in [-0.15, -0.1) is 0 Å². The van der Waals surface area contributed by atoms with Crippen LogP contribution in [0.4, 0.5) is 4.79 Å². The van der Waals surface area contributed by atoms with Crippen LogP contribution in [-0.2, 0) is 29.2 Å². The molecule has 5 rings (SSSR count). The molecule has 2 aliphatic rings. The van der Waals surface area contributed by atoms with E-state index >= 15 is 0 Å². The Kier molecular flexibility index (Phi) is 6.19. The van der Waals surface area contributed by atoms with E-state index in [9.17, 15) is 9.59 Å². The van der Waals surface area contributed by atoms with Gasteiger partial charge in [-0.1, -0.05) is 42.5 Å². The van der Waals surface area contributed by atoms with Gasteiger partial charge in [-0.2, -0.15) is 0 Å². The second kappa shape index (κ2) is 9.30. The molecule has 1 saturated heterocycles. The van der Waals surface area contributed by atoms with Crippen LogP contribution < -0.4 is 5.32 Å². The summed E-state index contributed by atoms with van der Waals surface area (Å²) in [6, 6.07) is 17.6. The van der Waals surface area contributed by atoms with Gasteiger partial charge in [0, 0.05) is 43.8 Å². The smallest absolute Gasteiger partial charge is 0.411 e. The zero-order valence-electron chi connectivity index (χ0n) is 20.5. The van der Waals surface area contributed by atoms with Crippen molar-refractivity contribution in [2.45, 2.75) is 64.5 Å². The number of pyridine rings is 1. The Bertz CT molecular complexity index is 1220. The zero-order valence-corrected chi connectivity index (χ0v) is 20.5. The molecular formula is C28H32N4O3. The van der Waals surface area contributed by atoms with Crippen molar-refractivity contribution in [3.8, 4) is 0 Å². The largest absolute Gasteiger partial charge is 0.444 e. The SMILES string of the molecule is CC(C)(C)OC(=O)N1C[C@@H](NCc2ccnc3ccccc23)C[C@H]1C(=O)N1Cc2ccccc2C1. The number of aromatic nitrogens is 1. The molecule has 1 fully saturated rings. The molecule has 3 aromatic rings. The van der Waals surface area contributed by atoms with Gasteiger partial charge in [-0.05, 0) is 56.0 Å². The van der Waals surface area contributed by atoms with Crippen LogP contribution in [0.5, 0.6) is 0 Å². The van der Waals surface area contributed by atoms with Crippen molar-refractivity contribution in [1.82, 2.24) is 20.1 Å². The van der Waals surface area contributed by atoms with E-state index in [1.54, 1.807) is 4.90 Å². The van der Waals surface area contributed by atoms with Crippen molar-refractivity contribution in [1.29, 1.82) is 0 Å². The second-order valence-electron chi connectivity index (χ2n) is 10.4. The van der Waals surface area contributed by atoms with Gasteiger partial charge in [0.05, 0.1) is 5.52 Å². The highest BCUT2D eigenvalue weighted by Gasteiger charge is 2.43. The molecular weight excluding hydrogens is 440 g/mol. The molecule has 1 N–H and O–H groups in total. The van der Waals surface area contributed by atoms with E-state index in [0.29, 0.717) is 32.6 Å². The highest BCUT2D eigenvalue weighted by molar-refractivity contribution is 5.87. The molecule has 2 atom stereocenters. The highest BCUT2D eigenvalue weighted by atomic mass is 16.6. The molecule has 1 aromatic heterocycles. The molecule has 7 nitrogen and oxygen atoms in total. The Morgan fingerprint density at radius 1 is 1.03 bits per heavy atom. The first kappa shape index (κ1) is 23.3. The predicted molar refractivity (Wildman–Crippen MR) is 134 cm³/mol. The number of ether oxygens (including phenoxy) is 1. The van der Waals surface area contributed by atoms with Crippen LogP contribution >= 0.6 is 0 Å². The lowest BCUT2D eigenvalue weighted by Crippen LogP contribution is -2.47. The van der Waals surface area contributed by atoms with Gasteiger partial charge in [0.25, 0.3) is 0 Å². The topological polar surface area (TPSA) is 74.8 Å². The summed E-state index contributed by atoms with van der Waals surface area (Å²) in [5.41, 5.74) is 3.80. The Morgan fingerprint density at radius 2 is 1.71 bits per heavy atom. The quantitative estimate of drug-likeness (QED) is 0.615. The maximum absolute atomic E-state index is 13.6. The normalized spacial score (nSPS) is 19.7. The maximum Gasteiger partial charge on any atom is 0.411 e. The summed E-state index contributed by atoms with van der Waals surface area (Å²) in [5, 5.41) is 4.69. The van der Waals surface area contributed by atoms with Crippen LogP contribution in [0.1, 0.15) is 43.9 Å². The third kappa shape index (κ3) is 5.00. The molecule has 2 amide bonds. The molecule has 7 heteroatoms. The Balaban J connectivity index is 1.32. The number of carbonyl (C=O) groups excluding carboxylic acids is 2. The van der Waals surface area contributed by atoms with Crippen LogP contribution in [0.3, 0.4) is 0 Å². The van der Waals surface area contributed by atoms with Gasteiger partial charge in [0.1, 0.15) is 11.6 Å². The minimum absolute atomic E-state index is 0.0200. The highest BCUT2D eigenvalue weighted by Crippen LogP contribution is 2.28. The third-order valence-electron chi connectivity index (χ3n) is 6.69. The fourth-order valence-electron chi connectivity index (χ4n) is 5.00. The van der Waals surface area contributed by atoms with Crippen LogP contribution in [-0.4, -0.2) is 51.0 Å². The number of hydrogen-bond donors (Lipinski definition) is 1. The first-order chi connectivity index (χ1) is 16.8. The number of benzene rings is 2. The summed E-state index contributed by atoms with van der Waals surface area (Å²) in [6.07, 6.45) is 1.93. The number of nitrogens with zero attached hydrogens (tertiary/aromatic N) is 3. The minimum atomic E-state index is -0.629. The molecule has 0 bridgehead atoms. The van der Waals surface area contributed by atoms with Gasteiger partial charge < -0.3 is 15.0 Å². The van der Waals surface area contributed by atoms with Crippen LogP contribution in [0.25, 0.3) is 10.9 Å². The molecule has 0 radical (unpaired) electrons. The number of para-hydroxylation sites is 1. The van der Waals surface area contributed by atoms with E-state index in [4.69, 9.17) is 4.74 Å². The molecule has 0 unspecified atom stereocenters. The third-order valence-corrected chi connectivity index (χ3v) is 6.69. The summed E-state index contributed by atoms with van der Waals surface area (Å²) in [4.78, 5) is 34.6. The number of amides is 2. The van der Waals surface area contributed by atoms with Crippen molar-refractivity contribution in [2.75, 3.05) is 6.54 Å². The molecule has 2 aliphatic heterocycles. The molecule has 0 saturated carbocycles. The zero-order chi connectivity index (χ0) is 24.6. The van der Waals surface area contributed by atoms with Crippen LogP contribution in [0.15, 0.2) is 60.8 Å². The minimum Gasteiger partial charge on any atom is -0.444 e. The van der Waals surface area contributed by atoms with Crippen molar-refractivity contribution in [3.05, 3.63) is 77.5 Å². The van der Waals surface area contributed by atoms with Crippen molar-refractivity contribution < 1.29 is 14.3 Å². The van der Waals surface area contributed by atoms with Gasteiger partial charge in [0.2, 0.25) is 5.91 Å². The van der Waals surface area contributed by atoms with E-state index in [1.807, 2.05) is 68.3 Å². The van der Waals surface area contributed by atoms with Crippen molar-refractivity contribution >= 4 is 22.9 Å².